The van der Waals surface area contributed by atoms with E-state index < -0.39 is 5.41 Å². The predicted molar refractivity (Wildman–Crippen MR) is 256 cm³/mol. The molecule has 12 rings (SSSR count). The van der Waals surface area contributed by atoms with E-state index in [4.69, 9.17) is 19.4 Å². The third-order valence-corrected chi connectivity index (χ3v) is 12.4. The van der Waals surface area contributed by atoms with Gasteiger partial charge in [0, 0.05) is 43.9 Å². The highest BCUT2D eigenvalue weighted by Gasteiger charge is 2.38. The Balaban J connectivity index is 1.13. The molecule has 296 valence electrons. The average molecular weight is 807 g/mol. The fraction of sp³-hybridized carbons (Fsp3) is 0.0172. The molecule has 3 aromatic heterocycles. The first-order valence-electron chi connectivity index (χ1n) is 21.3. The summed E-state index contributed by atoms with van der Waals surface area (Å²) >= 11 is 0. The highest BCUT2D eigenvalue weighted by molar-refractivity contribution is 6.17. The molecule has 0 N–H and O–H groups in total. The Morgan fingerprint density at radius 3 is 1.40 bits per heavy atom. The van der Waals surface area contributed by atoms with Gasteiger partial charge in [-0.3, -0.25) is 0 Å². The van der Waals surface area contributed by atoms with Gasteiger partial charge in [-0.15, -0.1) is 0 Å². The molecule has 0 fully saturated rings. The summed E-state index contributed by atoms with van der Waals surface area (Å²) in [6, 6.07) is 81.3. The van der Waals surface area contributed by atoms with Crippen molar-refractivity contribution in [3.63, 3.8) is 0 Å². The molecule has 0 aliphatic carbocycles. The van der Waals surface area contributed by atoms with Gasteiger partial charge in [-0.1, -0.05) is 188 Å². The van der Waals surface area contributed by atoms with Crippen LogP contribution < -0.4 is 0 Å². The molecule has 0 unspecified atom stereocenters. The number of benzene rings is 9. The van der Waals surface area contributed by atoms with Gasteiger partial charge in [0.15, 0.2) is 17.5 Å². The van der Waals surface area contributed by atoms with Crippen molar-refractivity contribution in [3.05, 3.63) is 253 Å². The van der Waals surface area contributed by atoms with Gasteiger partial charge in [0.2, 0.25) is 0 Å². The van der Waals surface area contributed by atoms with Crippen LogP contribution in [0, 0.1) is 0 Å². The number of para-hydroxylation sites is 1. The summed E-state index contributed by atoms with van der Waals surface area (Å²) in [5.41, 5.74) is 11.8. The molecule has 0 aliphatic rings. The van der Waals surface area contributed by atoms with Crippen LogP contribution in [0.5, 0.6) is 0 Å². The molecule has 0 bridgehead atoms. The molecule has 5 nitrogen and oxygen atoms in total. The van der Waals surface area contributed by atoms with Gasteiger partial charge in [-0.2, -0.15) is 0 Å². The zero-order chi connectivity index (χ0) is 41.7. The molecule has 0 saturated heterocycles. The highest BCUT2D eigenvalue weighted by Crippen LogP contribution is 2.47. The highest BCUT2D eigenvalue weighted by atomic mass is 16.3. The van der Waals surface area contributed by atoms with Crippen LogP contribution in [0.4, 0.5) is 0 Å². The first-order chi connectivity index (χ1) is 31.2. The Bertz CT molecular complexity index is 3450. The normalized spacial score (nSPS) is 11.8. The zero-order valence-corrected chi connectivity index (χ0v) is 34.1. The van der Waals surface area contributed by atoms with Gasteiger partial charge < -0.3 is 8.98 Å². The van der Waals surface area contributed by atoms with Crippen LogP contribution in [-0.4, -0.2) is 19.5 Å². The van der Waals surface area contributed by atoms with Crippen molar-refractivity contribution in [1.82, 2.24) is 19.5 Å². The minimum absolute atomic E-state index is 0.606. The van der Waals surface area contributed by atoms with E-state index in [0.29, 0.717) is 17.5 Å². The fourth-order valence-electron chi connectivity index (χ4n) is 9.53. The summed E-state index contributed by atoms with van der Waals surface area (Å²) < 4.78 is 8.95. The van der Waals surface area contributed by atoms with E-state index in [9.17, 15) is 0 Å². The molecule has 63 heavy (non-hydrogen) atoms. The molecule has 9 aromatic carbocycles. The second-order valence-electron chi connectivity index (χ2n) is 16.0. The first-order valence-corrected chi connectivity index (χ1v) is 21.3. The monoisotopic (exact) mass is 806 g/mol. The summed E-state index contributed by atoms with van der Waals surface area (Å²) in [6.07, 6.45) is 0. The lowest BCUT2D eigenvalue weighted by Crippen LogP contribution is -2.30. The standard InChI is InChI=1S/C58H38N4O/c1-6-19-39(20-7-1)55-59-56(40-21-8-2-9-22-40)61-57(60-55)41-23-18-30-46(35-41)62-51-34-33-45(36-48(51)49-38-54-50(37-52(49)62)47-31-16-17-32-53(47)63-54)58(42-24-10-3-11-25-42,43-26-12-4-13-27-43)44-28-14-5-15-29-44/h1-38H. The number of rotatable bonds is 8. The summed E-state index contributed by atoms with van der Waals surface area (Å²) in [5.74, 6) is 1.86. The van der Waals surface area contributed by atoms with E-state index in [1.54, 1.807) is 0 Å². The van der Waals surface area contributed by atoms with E-state index in [1.165, 1.54) is 22.3 Å². The van der Waals surface area contributed by atoms with Crippen molar-refractivity contribution >= 4 is 43.7 Å². The predicted octanol–water partition coefficient (Wildman–Crippen LogP) is 14.3. The van der Waals surface area contributed by atoms with Crippen LogP contribution in [0.15, 0.2) is 235 Å². The van der Waals surface area contributed by atoms with Gasteiger partial charge in [0.1, 0.15) is 11.2 Å². The Morgan fingerprint density at radius 1 is 0.317 bits per heavy atom. The number of hydrogen-bond acceptors (Lipinski definition) is 4. The van der Waals surface area contributed by atoms with Crippen LogP contribution in [0.1, 0.15) is 22.3 Å². The molecule has 0 radical (unpaired) electrons. The minimum atomic E-state index is -0.610. The fourth-order valence-corrected chi connectivity index (χ4v) is 9.53. The van der Waals surface area contributed by atoms with Crippen LogP contribution >= 0.6 is 0 Å². The molecule has 0 aliphatic heterocycles. The van der Waals surface area contributed by atoms with Gasteiger partial charge in [-0.25, -0.2) is 15.0 Å². The molecule has 0 amide bonds. The second kappa shape index (κ2) is 14.9. The smallest absolute Gasteiger partial charge is 0.164 e. The number of hydrogen-bond donors (Lipinski definition) is 0. The quantitative estimate of drug-likeness (QED) is 0.144. The lowest BCUT2D eigenvalue weighted by Gasteiger charge is -2.37. The number of fused-ring (bicyclic) bond motifs is 6. The third kappa shape index (κ3) is 6.05. The minimum Gasteiger partial charge on any atom is -0.456 e. The molecule has 0 atom stereocenters. The van der Waals surface area contributed by atoms with Crippen LogP contribution in [0.25, 0.3) is 83.6 Å². The van der Waals surface area contributed by atoms with E-state index >= 15 is 0 Å². The Kier molecular flexibility index (Phi) is 8.64. The Labute approximate surface area is 364 Å². The number of nitrogens with zero attached hydrogens (tertiary/aromatic N) is 4. The summed E-state index contributed by atoms with van der Waals surface area (Å²) in [6.45, 7) is 0. The van der Waals surface area contributed by atoms with Gasteiger partial charge in [0.25, 0.3) is 0 Å². The lowest BCUT2D eigenvalue weighted by molar-refractivity contribution is 0.669. The Morgan fingerprint density at radius 2 is 0.810 bits per heavy atom. The maximum absolute atomic E-state index is 6.57. The number of aromatic nitrogens is 4. The van der Waals surface area contributed by atoms with Crippen molar-refractivity contribution in [2.45, 2.75) is 5.41 Å². The number of furan rings is 1. The van der Waals surface area contributed by atoms with E-state index in [1.807, 2.05) is 72.8 Å². The van der Waals surface area contributed by atoms with E-state index in [2.05, 4.69) is 162 Å². The van der Waals surface area contributed by atoms with E-state index in [-0.39, 0.29) is 0 Å². The summed E-state index contributed by atoms with van der Waals surface area (Å²) in [5, 5.41) is 4.39. The molecular formula is C58H38N4O. The maximum Gasteiger partial charge on any atom is 0.164 e. The SMILES string of the molecule is c1ccc(-c2nc(-c3ccccc3)nc(-c3cccc(-n4c5ccc(C(c6ccccc6)(c6ccccc6)c6ccccc6)cc5c5cc6oc7ccccc7c6cc54)c3)n2)cc1. The second-order valence-corrected chi connectivity index (χ2v) is 16.0. The Hall–Kier alpha value is -8.41. The molecule has 12 aromatic rings. The molecular weight excluding hydrogens is 769 g/mol. The van der Waals surface area contributed by atoms with Crippen molar-refractivity contribution in [1.29, 1.82) is 0 Å². The third-order valence-electron chi connectivity index (χ3n) is 12.4. The van der Waals surface area contributed by atoms with Crippen molar-refractivity contribution in [2.24, 2.45) is 0 Å². The topological polar surface area (TPSA) is 56.7 Å². The van der Waals surface area contributed by atoms with Crippen molar-refractivity contribution in [3.8, 4) is 39.9 Å². The van der Waals surface area contributed by atoms with Crippen molar-refractivity contribution in [2.75, 3.05) is 0 Å². The van der Waals surface area contributed by atoms with Crippen LogP contribution in [0.3, 0.4) is 0 Å². The maximum atomic E-state index is 6.57. The molecule has 3 heterocycles. The van der Waals surface area contributed by atoms with Gasteiger partial charge in [0.05, 0.1) is 16.4 Å². The summed E-state index contributed by atoms with van der Waals surface area (Å²) in [4.78, 5) is 15.2. The molecule has 0 spiro atoms. The van der Waals surface area contributed by atoms with Crippen molar-refractivity contribution < 1.29 is 4.42 Å². The first kappa shape index (κ1) is 36.4. The van der Waals surface area contributed by atoms with Crippen LogP contribution in [-0.2, 0) is 5.41 Å². The van der Waals surface area contributed by atoms with Crippen LogP contribution in [0.2, 0.25) is 0 Å². The van der Waals surface area contributed by atoms with Gasteiger partial charge in [-0.05, 0) is 64.7 Å². The van der Waals surface area contributed by atoms with Gasteiger partial charge >= 0.3 is 0 Å². The lowest BCUT2D eigenvalue weighted by atomic mass is 9.65. The largest absolute Gasteiger partial charge is 0.456 e. The van der Waals surface area contributed by atoms with E-state index in [0.717, 1.165) is 66.1 Å². The molecule has 0 saturated carbocycles. The molecule has 5 heteroatoms. The zero-order valence-electron chi connectivity index (χ0n) is 34.1. The summed E-state index contributed by atoms with van der Waals surface area (Å²) in [7, 11) is 0. The average Bonchev–Trinajstić information content (AvgIpc) is 3.89.